The number of nitriles is 1. The second kappa shape index (κ2) is 11.2. The molecule has 230 valence electrons. The average Bonchev–Trinajstić information content (AvgIpc) is 3.74. The van der Waals surface area contributed by atoms with Crippen LogP contribution < -0.4 is 21.1 Å². The van der Waals surface area contributed by atoms with E-state index in [1.54, 1.807) is 6.07 Å². The number of rotatable bonds is 7. The van der Waals surface area contributed by atoms with E-state index in [0.717, 1.165) is 43.6 Å². The summed E-state index contributed by atoms with van der Waals surface area (Å²) in [6, 6.07) is 6.76. The lowest BCUT2D eigenvalue weighted by Gasteiger charge is -2.30. The van der Waals surface area contributed by atoms with Gasteiger partial charge in [0, 0.05) is 47.9 Å². The second-order valence-electron chi connectivity index (χ2n) is 12.1. The molecule has 2 unspecified atom stereocenters. The highest BCUT2D eigenvalue weighted by molar-refractivity contribution is 7.23. The minimum atomic E-state index is -0.922. The molecular formula is C31H31ClF3N7OS. The van der Waals surface area contributed by atoms with E-state index in [1.165, 1.54) is 12.1 Å². The first kappa shape index (κ1) is 29.3. The second-order valence-corrected chi connectivity index (χ2v) is 13.6. The molecular weight excluding hydrogens is 611 g/mol. The topological polar surface area (TPSA) is 112 Å². The molecule has 2 aromatic heterocycles. The van der Waals surface area contributed by atoms with Crippen LogP contribution in [0.4, 0.5) is 24.0 Å². The molecule has 0 aliphatic carbocycles. The third-order valence-electron chi connectivity index (χ3n) is 9.28. The summed E-state index contributed by atoms with van der Waals surface area (Å²) in [6.45, 7) is 4.03. The van der Waals surface area contributed by atoms with Crippen molar-refractivity contribution in [2.75, 3.05) is 37.3 Å². The Labute approximate surface area is 261 Å². The van der Waals surface area contributed by atoms with Gasteiger partial charge >= 0.3 is 6.01 Å². The van der Waals surface area contributed by atoms with Crippen molar-refractivity contribution in [2.45, 2.75) is 62.8 Å². The van der Waals surface area contributed by atoms with Crippen LogP contribution in [0.2, 0.25) is 5.02 Å². The van der Waals surface area contributed by atoms with Crippen LogP contribution >= 0.6 is 22.9 Å². The smallest absolute Gasteiger partial charge is 0.319 e. The van der Waals surface area contributed by atoms with Crippen LogP contribution in [-0.2, 0) is 0 Å². The quantitative estimate of drug-likeness (QED) is 0.212. The number of aromatic nitrogens is 2. The number of alkyl halides is 1. The average molecular weight is 642 g/mol. The Bertz CT molecular complexity index is 1830. The van der Waals surface area contributed by atoms with Crippen molar-refractivity contribution in [2.24, 2.45) is 0 Å². The molecule has 0 amide bonds. The lowest BCUT2D eigenvalue weighted by Crippen LogP contribution is -2.43. The monoisotopic (exact) mass is 641 g/mol. The van der Waals surface area contributed by atoms with E-state index in [0.29, 0.717) is 36.8 Å². The summed E-state index contributed by atoms with van der Waals surface area (Å²) in [6.07, 6.45) is 3.23. The van der Waals surface area contributed by atoms with Crippen molar-refractivity contribution < 1.29 is 17.9 Å². The third kappa shape index (κ3) is 4.90. The molecule has 3 aliphatic rings. The van der Waals surface area contributed by atoms with E-state index in [1.807, 2.05) is 6.07 Å². The maximum atomic E-state index is 16.7. The van der Waals surface area contributed by atoms with Gasteiger partial charge < -0.3 is 21.1 Å². The van der Waals surface area contributed by atoms with Crippen LogP contribution in [0.3, 0.4) is 0 Å². The fourth-order valence-corrected chi connectivity index (χ4v) is 8.42. The molecule has 2 aromatic carbocycles. The summed E-state index contributed by atoms with van der Waals surface area (Å²) in [5.74, 6) is -0.972. The molecule has 3 saturated heterocycles. The summed E-state index contributed by atoms with van der Waals surface area (Å²) in [5.41, 5.74) is 5.82. The summed E-state index contributed by atoms with van der Waals surface area (Å²) >= 11 is 7.68. The molecule has 5 heterocycles. The fraction of sp³-hybridized carbons (Fsp3) is 0.452. The van der Waals surface area contributed by atoms with Crippen LogP contribution in [-0.4, -0.2) is 64.9 Å². The van der Waals surface area contributed by atoms with Gasteiger partial charge in [-0.1, -0.05) is 17.7 Å². The predicted molar refractivity (Wildman–Crippen MR) is 167 cm³/mol. The van der Waals surface area contributed by atoms with Gasteiger partial charge in [-0.3, -0.25) is 4.90 Å². The number of fused-ring (bicyclic) bond motifs is 3. The number of benzene rings is 2. The number of hydrogen-bond acceptors (Lipinski definition) is 9. The first-order valence-corrected chi connectivity index (χ1v) is 16.0. The fourth-order valence-electron chi connectivity index (χ4n) is 7.18. The van der Waals surface area contributed by atoms with Crippen LogP contribution in [0.15, 0.2) is 18.2 Å². The third-order valence-corrected chi connectivity index (χ3v) is 10.6. The van der Waals surface area contributed by atoms with Crippen LogP contribution in [0.5, 0.6) is 6.01 Å². The highest BCUT2D eigenvalue weighted by Gasteiger charge is 2.49. The number of nitrogen functional groups attached to an aromatic ring is 1. The zero-order valence-corrected chi connectivity index (χ0v) is 25.6. The van der Waals surface area contributed by atoms with Crippen molar-refractivity contribution in [3.8, 4) is 23.2 Å². The van der Waals surface area contributed by atoms with Gasteiger partial charge in [-0.2, -0.15) is 15.2 Å². The SMILES string of the molecule is CC1CCC(CNc2nc(OC[C@@]34CCCN3C[C@H](F)C4)nc3c(F)c(-c4ccc(F)c5sc(N)c(C#N)c45)c(Cl)cc23)N1. The van der Waals surface area contributed by atoms with Crippen molar-refractivity contribution in [1.82, 2.24) is 20.2 Å². The van der Waals surface area contributed by atoms with Crippen LogP contribution in [0, 0.1) is 23.0 Å². The maximum absolute atomic E-state index is 16.7. The van der Waals surface area contributed by atoms with Gasteiger partial charge in [0.25, 0.3) is 0 Å². The summed E-state index contributed by atoms with van der Waals surface area (Å²) in [7, 11) is 0. The van der Waals surface area contributed by atoms with Gasteiger partial charge in [0.05, 0.1) is 20.8 Å². The van der Waals surface area contributed by atoms with Gasteiger partial charge in [-0.05, 0) is 56.8 Å². The van der Waals surface area contributed by atoms with Crippen LogP contribution in [0.25, 0.3) is 32.1 Å². The molecule has 0 spiro atoms. The summed E-state index contributed by atoms with van der Waals surface area (Å²) in [4.78, 5) is 11.3. The normalized spacial score (nSPS) is 25.1. The first-order valence-electron chi connectivity index (χ1n) is 14.8. The standard InChI is InChI=1S/C31H31ClF3N7OS/c1-15-3-4-17(39-15)12-38-29-19-9-21(32)24(18-5-6-22(34)27-23(18)20(11-36)28(37)44-27)25(35)26(19)40-30(41-29)43-14-31-7-2-8-42(31)13-16(33)10-31/h5-6,9,15-17,39H,2-4,7-8,10,12-14,37H2,1H3,(H,38,40,41)/t15?,16-,17?,31+/m1/s1. The number of hydrogen-bond donors (Lipinski definition) is 3. The molecule has 0 bridgehead atoms. The Kier molecular flexibility index (Phi) is 7.48. The van der Waals surface area contributed by atoms with Gasteiger partial charge in [0.1, 0.15) is 41.0 Å². The van der Waals surface area contributed by atoms with E-state index >= 15 is 4.39 Å². The van der Waals surface area contributed by atoms with E-state index in [9.17, 15) is 14.0 Å². The number of nitrogens with two attached hydrogens (primary N) is 1. The van der Waals surface area contributed by atoms with Gasteiger partial charge in [-0.25, -0.2) is 13.2 Å². The largest absolute Gasteiger partial charge is 0.461 e. The first-order chi connectivity index (χ1) is 21.2. The Hall–Kier alpha value is -3.37. The van der Waals surface area contributed by atoms with Gasteiger partial charge in [-0.15, -0.1) is 11.3 Å². The molecule has 3 aliphatic heterocycles. The van der Waals surface area contributed by atoms with Crippen molar-refractivity contribution in [1.29, 1.82) is 5.26 Å². The number of halogens is 4. The molecule has 13 heteroatoms. The van der Waals surface area contributed by atoms with E-state index < -0.39 is 23.3 Å². The van der Waals surface area contributed by atoms with E-state index in [-0.39, 0.29) is 61.0 Å². The predicted octanol–water partition coefficient (Wildman–Crippen LogP) is 6.40. The van der Waals surface area contributed by atoms with Gasteiger partial charge in [0.2, 0.25) is 0 Å². The van der Waals surface area contributed by atoms with Crippen molar-refractivity contribution in [3.05, 3.63) is 40.4 Å². The number of anilines is 2. The Morgan fingerprint density at radius 1 is 1.32 bits per heavy atom. The van der Waals surface area contributed by atoms with Crippen LogP contribution in [0.1, 0.15) is 44.6 Å². The highest BCUT2D eigenvalue weighted by atomic mass is 35.5. The number of nitrogens with zero attached hydrogens (tertiary/aromatic N) is 4. The molecule has 4 aromatic rings. The Morgan fingerprint density at radius 2 is 2.16 bits per heavy atom. The molecule has 7 rings (SSSR count). The summed E-state index contributed by atoms with van der Waals surface area (Å²) < 4.78 is 52.2. The maximum Gasteiger partial charge on any atom is 0.319 e. The van der Waals surface area contributed by atoms with Crippen molar-refractivity contribution >= 4 is 54.7 Å². The zero-order valence-electron chi connectivity index (χ0n) is 24.0. The lowest BCUT2D eigenvalue weighted by molar-refractivity contribution is 0.107. The van der Waals surface area contributed by atoms with Crippen molar-refractivity contribution in [3.63, 3.8) is 0 Å². The lowest BCUT2D eigenvalue weighted by atomic mass is 9.95. The molecule has 0 saturated carbocycles. The molecule has 3 fully saturated rings. The minimum Gasteiger partial charge on any atom is -0.461 e. The van der Waals surface area contributed by atoms with E-state index in [4.69, 9.17) is 22.1 Å². The van der Waals surface area contributed by atoms with Gasteiger partial charge in [0.15, 0.2) is 5.82 Å². The Balaban J connectivity index is 1.34. The molecule has 44 heavy (non-hydrogen) atoms. The molecule has 4 atom stereocenters. The Morgan fingerprint density at radius 3 is 2.93 bits per heavy atom. The number of nitrogens with one attached hydrogen (secondary N) is 2. The molecule has 4 N–H and O–H groups in total. The van der Waals surface area contributed by atoms with E-state index in [2.05, 4.69) is 32.4 Å². The number of thiophene rings is 1. The molecule has 8 nitrogen and oxygen atoms in total. The highest BCUT2D eigenvalue weighted by Crippen LogP contribution is 2.46. The summed E-state index contributed by atoms with van der Waals surface area (Å²) in [5, 5.41) is 17.4. The molecule has 0 radical (unpaired) electrons. The number of ether oxygens (including phenoxy) is 1. The minimum absolute atomic E-state index is 0.0306. The zero-order chi connectivity index (χ0) is 30.7.